The topological polar surface area (TPSA) is 114 Å². The van der Waals surface area contributed by atoms with Gasteiger partial charge in [-0.2, -0.15) is 4.98 Å². The van der Waals surface area contributed by atoms with E-state index in [1.165, 1.54) is 28.4 Å². The van der Waals surface area contributed by atoms with E-state index in [9.17, 15) is 4.79 Å². The first-order valence-electron chi connectivity index (χ1n) is 9.17. The molecule has 2 aromatic carbocycles. The maximum atomic E-state index is 12.6. The summed E-state index contributed by atoms with van der Waals surface area (Å²) in [4.78, 5) is 16.9. The Labute approximate surface area is 179 Å². The van der Waals surface area contributed by atoms with Gasteiger partial charge in [0.2, 0.25) is 17.5 Å². The van der Waals surface area contributed by atoms with E-state index >= 15 is 0 Å². The monoisotopic (exact) mass is 429 g/mol. The van der Waals surface area contributed by atoms with E-state index < -0.39 is 0 Å². The molecule has 0 aliphatic rings. The largest absolute Gasteiger partial charge is 0.497 e. The van der Waals surface area contributed by atoms with Crippen LogP contribution in [0.2, 0.25) is 0 Å². The number of carbonyl (C=O) groups is 1. The summed E-state index contributed by atoms with van der Waals surface area (Å²) in [7, 11) is 7.55. The molecule has 0 saturated carbocycles. The molecule has 0 spiro atoms. The van der Waals surface area contributed by atoms with Crippen LogP contribution in [0.5, 0.6) is 28.7 Å². The third-order valence-electron chi connectivity index (χ3n) is 4.44. The third kappa shape index (κ3) is 4.63. The highest BCUT2D eigenvalue weighted by molar-refractivity contribution is 5.95. The fourth-order valence-electron chi connectivity index (χ4n) is 2.89. The van der Waals surface area contributed by atoms with Gasteiger partial charge < -0.3 is 33.5 Å². The van der Waals surface area contributed by atoms with Gasteiger partial charge in [0.1, 0.15) is 11.5 Å². The Hall–Kier alpha value is -3.95. The summed E-state index contributed by atoms with van der Waals surface area (Å²) in [5.41, 5.74) is 0.959. The molecule has 0 saturated heterocycles. The summed E-state index contributed by atoms with van der Waals surface area (Å²) in [5.74, 6) is 2.51. The van der Waals surface area contributed by atoms with Gasteiger partial charge in [-0.3, -0.25) is 4.79 Å². The van der Waals surface area contributed by atoms with Crippen LogP contribution in [-0.4, -0.2) is 51.6 Å². The normalized spacial score (nSPS) is 10.4. The minimum absolute atomic E-state index is 0.0287. The van der Waals surface area contributed by atoms with Crippen LogP contribution < -0.4 is 29.0 Å². The van der Waals surface area contributed by atoms with Crippen LogP contribution >= 0.6 is 0 Å². The average molecular weight is 429 g/mol. The fourth-order valence-corrected chi connectivity index (χ4v) is 2.89. The molecular formula is C21H23N3O7. The highest BCUT2D eigenvalue weighted by Crippen LogP contribution is 2.38. The molecule has 31 heavy (non-hydrogen) atoms. The molecule has 3 aromatic rings. The van der Waals surface area contributed by atoms with Gasteiger partial charge in [0.15, 0.2) is 11.5 Å². The Bertz CT molecular complexity index is 1040. The van der Waals surface area contributed by atoms with Crippen LogP contribution in [0, 0.1) is 0 Å². The van der Waals surface area contributed by atoms with E-state index in [4.69, 9.17) is 28.2 Å². The Balaban J connectivity index is 1.75. The Morgan fingerprint density at radius 2 is 1.58 bits per heavy atom. The predicted molar refractivity (Wildman–Crippen MR) is 110 cm³/mol. The van der Waals surface area contributed by atoms with E-state index in [-0.39, 0.29) is 18.3 Å². The van der Waals surface area contributed by atoms with Crippen molar-refractivity contribution in [3.05, 3.63) is 41.8 Å². The van der Waals surface area contributed by atoms with Crippen molar-refractivity contribution in [3.63, 3.8) is 0 Å². The highest BCUT2D eigenvalue weighted by atomic mass is 16.5. The van der Waals surface area contributed by atoms with Gasteiger partial charge in [0.25, 0.3) is 5.91 Å². The molecule has 0 radical (unpaired) electrons. The van der Waals surface area contributed by atoms with E-state index in [1.54, 1.807) is 37.4 Å². The molecule has 0 atom stereocenters. The maximum Gasteiger partial charge on any atom is 0.251 e. The van der Waals surface area contributed by atoms with Crippen molar-refractivity contribution in [2.75, 3.05) is 35.5 Å². The van der Waals surface area contributed by atoms with Crippen LogP contribution in [0.25, 0.3) is 11.4 Å². The second-order valence-electron chi connectivity index (χ2n) is 6.17. The Kier molecular flexibility index (Phi) is 6.81. The third-order valence-corrected chi connectivity index (χ3v) is 4.44. The molecule has 0 bridgehead atoms. The molecule has 164 valence electrons. The molecule has 1 N–H and O–H groups in total. The second kappa shape index (κ2) is 9.70. The molecule has 10 nitrogen and oxygen atoms in total. The van der Waals surface area contributed by atoms with E-state index in [2.05, 4.69) is 15.5 Å². The quantitative estimate of drug-likeness (QED) is 0.548. The summed E-state index contributed by atoms with van der Waals surface area (Å²) in [6.45, 7) is 0.0287. The molecule has 1 amide bonds. The van der Waals surface area contributed by atoms with Gasteiger partial charge in [0.05, 0.1) is 47.7 Å². The van der Waals surface area contributed by atoms with Gasteiger partial charge in [-0.05, 0) is 24.3 Å². The zero-order valence-electron chi connectivity index (χ0n) is 17.8. The molecule has 1 aromatic heterocycles. The van der Waals surface area contributed by atoms with Crippen LogP contribution in [0.3, 0.4) is 0 Å². The van der Waals surface area contributed by atoms with Crippen molar-refractivity contribution in [2.45, 2.75) is 6.54 Å². The zero-order chi connectivity index (χ0) is 22.4. The molecular weight excluding hydrogens is 406 g/mol. The van der Waals surface area contributed by atoms with Crippen LogP contribution in [-0.2, 0) is 6.54 Å². The van der Waals surface area contributed by atoms with Crippen molar-refractivity contribution in [3.8, 4) is 40.1 Å². The van der Waals surface area contributed by atoms with Crippen molar-refractivity contribution in [1.82, 2.24) is 15.5 Å². The molecule has 10 heteroatoms. The standard InChI is InChI=1S/C21H23N3O7/c1-26-13-6-7-14(15(10-13)27-2)20-23-18(31-24-20)11-22-21(25)12-8-16(28-3)19(30-5)17(9-12)29-4/h6-10H,11H2,1-5H3,(H,22,25). The molecule has 0 aliphatic carbocycles. The number of hydrogen-bond donors (Lipinski definition) is 1. The summed E-state index contributed by atoms with van der Waals surface area (Å²) < 4.78 is 31.6. The van der Waals surface area contributed by atoms with Gasteiger partial charge in [-0.1, -0.05) is 5.16 Å². The summed E-state index contributed by atoms with van der Waals surface area (Å²) in [5, 5.41) is 6.69. The van der Waals surface area contributed by atoms with Crippen LogP contribution in [0.4, 0.5) is 0 Å². The number of methoxy groups -OCH3 is 5. The Morgan fingerprint density at radius 1 is 0.903 bits per heavy atom. The summed E-state index contributed by atoms with van der Waals surface area (Å²) in [6.07, 6.45) is 0. The number of amides is 1. The number of benzene rings is 2. The first-order chi connectivity index (χ1) is 15.0. The number of hydrogen-bond acceptors (Lipinski definition) is 9. The highest BCUT2D eigenvalue weighted by Gasteiger charge is 2.18. The lowest BCUT2D eigenvalue weighted by molar-refractivity contribution is 0.0945. The van der Waals surface area contributed by atoms with E-state index in [1.807, 2.05) is 0 Å². The van der Waals surface area contributed by atoms with E-state index in [0.717, 1.165) is 0 Å². The van der Waals surface area contributed by atoms with Crippen LogP contribution in [0.1, 0.15) is 16.2 Å². The van der Waals surface area contributed by atoms with Gasteiger partial charge in [-0.25, -0.2) is 0 Å². The average Bonchev–Trinajstić information content (AvgIpc) is 3.29. The smallest absolute Gasteiger partial charge is 0.251 e. The SMILES string of the molecule is COc1ccc(-c2noc(CNC(=O)c3cc(OC)c(OC)c(OC)c3)n2)c(OC)c1. The predicted octanol–water partition coefficient (Wildman–Crippen LogP) is 2.71. The lowest BCUT2D eigenvalue weighted by Gasteiger charge is -2.13. The molecule has 0 fully saturated rings. The molecule has 0 unspecified atom stereocenters. The zero-order valence-corrected chi connectivity index (χ0v) is 17.8. The molecule has 0 aliphatic heterocycles. The minimum atomic E-state index is -0.374. The van der Waals surface area contributed by atoms with E-state index in [0.29, 0.717) is 45.7 Å². The van der Waals surface area contributed by atoms with Crippen LogP contribution in [0.15, 0.2) is 34.9 Å². The van der Waals surface area contributed by atoms with Gasteiger partial charge >= 0.3 is 0 Å². The maximum absolute atomic E-state index is 12.6. The number of carbonyl (C=O) groups excluding carboxylic acids is 1. The van der Waals surface area contributed by atoms with Crippen molar-refractivity contribution >= 4 is 5.91 Å². The fraction of sp³-hybridized carbons (Fsp3) is 0.286. The minimum Gasteiger partial charge on any atom is -0.497 e. The van der Waals surface area contributed by atoms with Crippen molar-refractivity contribution < 1.29 is 33.0 Å². The lowest BCUT2D eigenvalue weighted by atomic mass is 10.1. The number of ether oxygens (including phenoxy) is 5. The van der Waals surface area contributed by atoms with Crippen molar-refractivity contribution in [2.24, 2.45) is 0 Å². The summed E-state index contributed by atoms with van der Waals surface area (Å²) in [6, 6.07) is 8.36. The Morgan fingerprint density at radius 3 is 2.16 bits per heavy atom. The van der Waals surface area contributed by atoms with Gasteiger partial charge in [0, 0.05) is 11.6 Å². The number of aromatic nitrogens is 2. The lowest BCUT2D eigenvalue weighted by Crippen LogP contribution is -2.23. The first-order valence-corrected chi connectivity index (χ1v) is 9.17. The number of nitrogens with zero attached hydrogens (tertiary/aromatic N) is 2. The number of nitrogens with one attached hydrogen (secondary N) is 1. The van der Waals surface area contributed by atoms with Crippen molar-refractivity contribution in [1.29, 1.82) is 0 Å². The number of rotatable bonds is 9. The first kappa shape index (κ1) is 21.8. The molecule has 3 rings (SSSR count). The van der Waals surface area contributed by atoms with Gasteiger partial charge in [-0.15, -0.1) is 0 Å². The molecule has 1 heterocycles. The summed E-state index contributed by atoms with van der Waals surface area (Å²) >= 11 is 0. The second-order valence-corrected chi connectivity index (χ2v) is 6.17.